The molecule has 0 radical (unpaired) electrons. The van der Waals surface area contributed by atoms with E-state index in [1.54, 1.807) is 0 Å². The van der Waals surface area contributed by atoms with Crippen molar-refractivity contribution in [2.24, 2.45) is 0 Å². The summed E-state index contributed by atoms with van der Waals surface area (Å²) in [7, 11) is 2.15. The first-order valence-corrected chi connectivity index (χ1v) is 4.62. The molecule has 1 aliphatic rings. The van der Waals surface area contributed by atoms with E-state index in [4.69, 9.17) is 0 Å². The molecule has 0 saturated heterocycles. The van der Waals surface area contributed by atoms with Crippen molar-refractivity contribution in [2.75, 3.05) is 26.7 Å². The second-order valence-electron chi connectivity index (χ2n) is 3.34. The van der Waals surface area contributed by atoms with Crippen LogP contribution in [0.4, 0.5) is 0 Å². The van der Waals surface area contributed by atoms with Crippen LogP contribution in [0.25, 0.3) is 0 Å². The van der Waals surface area contributed by atoms with E-state index in [0.29, 0.717) is 0 Å². The lowest BCUT2D eigenvalue weighted by molar-refractivity contribution is -0.503. The third-order valence-electron chi connectivity index (χ3n) is 2.12. The summed E-state index contributed by atoms with van der Waals surface area (Å²) >= 11 is 0. The summed E-state index contributed by atoms with van der Waals surface area (Å²) in [6, 6.07) is 0. The number of unbranched alkanes of at least 4 members (excludes halogenated alkanes) is 1. The normalized spacial score (nSPS) is 18.4. The van der Waals surface area contributed by atoms with Gasteiger partial charge in [0.25, 0.3) is 0 Å². The van der Waals surface area contributed by atoms with Gasteiger partial charge >= 0.3 is 0 Å². The lowest BCUT2D eigenvalue weighted by Gasteiger charge is -2.18. The lowest BCUT2D eigenvalue weighted by atomic mass is 10.3. The van der Waals surface area contributed by atoms with Gasteiger partial charge in [-0.05, 0) is 6.42 Å². The van der Waals surface area contributed by atoms with Gasteiger partial charge in [0.1, 0.15) is 0 Å². The second kappa shape index (κ2) is 4.37. The van der Waals surface area contributed by atoms with Crippen LogP contribution in [0.1, 0.15) is 26.2 Å². The van der Waals surface area contributed by atoms with E-state index in [0.717, 1.165) is 0 Å². The molecule has 0 amide bonds. The van der Waals surface area contributed by atoms with Crippen molar-refractivity contribution in [1.29, 1.82) is 0 Å². The molecule has 0 aromatic rings. The van der Waals surface area contributed by atoms with E-state index >= 15 is 0 Å². The van der Waals surface area contributed by atoms with Gasteiger partial charge in [-0.3, -0.25) is 9.48 Å². The molecule has 1 heterocycles. The number of rotatable bonds is 3. The first kappa shape index (κ1) is 8.57. The van der Waals surface area contributed by atoms with Crippen LogP contribution in [-0.4, -0.2) is 42.5 Å². The number of hydrogen-bond donors (Lipinski definition) is 0. The number of hydrogen-bond acceptors (Lipinski definition) is 1. The van der Waals surface area contributed by atoms with Crippen LogP contribution in [0.2, 0.25) is 0 Å². The highest BCUT2D eigenvalue weighted by Gasteiger charge is 2.12. The van der Waals surface area contributed by atoms with Crippen molar-refractivity contribution in [3.63, 3.8) is 0 Å². The highest BCUT2D eigenvalue weighted by molar-refractivity contribution is 5.49. The number of nitrogens with zero attached hydrogens (tertiary/aromatic N) is 2. The van der Waals surface area contributed by atoms with Crippen molar-refractivity contribution in [1.82, 2.24) is 4.90 Å². The molecule has 0 aromatic heterocycles. The minimum Gasteiger partial charge on any atom is -0.271 e. The van der Waals surface area contributed by atoms with Crippen molar-refractivity contribution in [3.05, 3.63) is 0 Å². The predicted octanol–water partition coefficient (Wildman–Crippen LogP) is 1.16. The Labute approximate surface area is 69.5 Å². The molecule has 11 heavy (non-hydrogen) atoms. The standard InChI is InChI=1S/C9H19N2/c1-3-4-7-11-8-5-6-10(2)9-11/h9H,3-8H2,1-2H3/q+1. The Hall–Kier alpha value is -0.530. The van der Waals surface area contributed by atoms with Crippen LogP contribution in [0.3, 0.4) is 0 Å². The predicted molar refractivity (Wildman–Crippen MR) is 48.2 cm³/mol. The van der Waals surface area contributed by atoms with Crippen LogP contribution in [0.5, 0.6) is 0 Å². The second-order valence-corrected chi connectivity index (χ2v) is 3.34. The maximum absolute atomic E-state index is 2.42. The van der Waals surface area contributed by atoms with E-state index < -0.39 is 0 Å². The van der Waals surface area contributed by atoms with E-state index in [1.807, 2.05) is 0 Å². The van der Waals surface area contributed by atoms with Crippen molar-refractivity contribution in [2.45, 2.75) is 26.2 Å². The van der Waals surface area contributed by atoms with Crippen LogP contribution >= 0.6 is 0 Å². The molecule has 0 aliphatic carbocycles. The van der Waals surface area contributed by atoms with Gasteiger partial charge in [0.2, 0.25) is 6.34 Å². The Balaban J connectivity index is 2.28. The van der Waals surface area contributed by atoms with Crippen LogP contribution < -0.4 is 0 Å². The van der Waals surface area contributed by atoms with Gasteiger partial charge < -0.3 is 0 Å². The average molecular weight is 155 g/mol. The van der Waals surface area contributed by atoms with Gasteiger partial charge in [0.15, 0.2) is 0 Å². The summed E-state index contributed by atoms with van der Waals surface area (Å²) in [6.07, 6.45) is 6.19. The summed E-state index contributed by atoms with van der Waals surface area (Å²) in [5.41, 5.74) is 0. The molecule has 0 bridgehead atoms. The van der Waals surface area contributed by atoms with Crippen molar-refractivity contribution < 1.29 is 4.58 Å². The minimum absolute atomic E-state index is 1.22. The fourth-order valence-electron chi connectivity index (χ4n) is 1.45. The molecule has 0 spiro atoms. The fourth-order valence-corrected chi connectivity index (χ4v) is 1.45. The zero-order chi connectivity index (χ0) is 8.10. The maximum atomic E-state index is 2.42. The first-order valence-electron chi connectivity index (χ1n) is 4.62. The summed E-state index contributed by atoms with van der Waals surface area (Å²) in [4.78, 5) is 2.42. The molecule has 1 rings (SSSR count). The fraction of sp³-hybridized carbons (Fsp3) is 0.889. The van der Waals surface area contributed by atoms with Gasteiger partial charge in [-0.2, -0.15) is 0 Å². The van der Waals surface area contributed by atoms with Crippen LogP contribution in [0.15, 0.2) is 0 Å². The topological polar surface area (TPSA) is 6.25 Å². The Morgan fingerprint density at radius 2 is 2.36 bits per heavy atom. The molecular formula is C9H19N2+. The van der Waals surface area contributed by atoms with E-state index in [1.165, 1.54) is 38.9 Å². The molecule has 0 atom stereocenters. The molecule has 2 nitrogen and oxygen atoms in total. The van der Waals surface area contributed by atoms with Crippen LogP contribution in [-0.2, 0) is 0 Å². The highest BCUT2D eigenvalue weighted by atomic mass is 15.2. The molecular weight excluding hydrogens is 136 g/mol. The maximum Gasteiger partial charge on any atom is 0.233 e. The molecule has 0 N–H and O–H groups in total. The van der Waals surface area contributed by atoms with Crippen molar-refractivity contribution >= 4 is 6.34 Å². The van der Waals surface area contributed by atoms with Gasteiger partial charge in [-0.25, -0.2) is 0 Å². The molecule has 1 aliphatic heterocycles. The van der Waals surface area contributed by atoms with E-state index in [2.05, 4.69) is 29.8 Å². The summed E-state index contributed by atoms with van der Waals surface area (Å²) in [5.74, 6) is 0. The molecule has 64 valence electrons. The zero-order valence-electron chi connectivity index (χ0n) is 7.71. The minimum atomic E-state index is 1.22. The SMILES string of the molecule is CCCCN1C=[N+](C)CCC1. The van der Waals surface area contributed by atoms with Gasteiger partial charge in [0.05, 0.1) is 26.7 Å². The van der Waals surface area contributed by atoms with E-state index in [-0.39, 0.29) is 0 Å². The third kappa shape index (κ3) is 2.91. The summed E-state index contributed by atoms with van der Waals surface area (Å²) in [6.45, 7) is 5.96. The van der Waals surface area contributed by atoms with E-state index in [9.17, 15) is 0 Å². The zero-order valence-corrected chi connectivity index (χ0v) is 7.71. The molecule has 2 heteroatoms. The smallest absolute Gasteiger partial charge is 0.233 e. The quantitative estimate of drug-likeness (QED) is 0.554. The molecule has 0 fully saturated rings. The largest absolute Gasteiger partial charge is 0.271 e. The van der Waals surface area contributed by atoms with Gasteiger partial charge in [-0.15, -0.1) is 0 Å². The molecule has 0 saturated carbocycles. The Morgan fingerprint density at radius 1 is 1.55 bits per heavy atom. The third-order valence-corrected chi connectivity index (χ3v) is 2.12. The first-order chi connectivity index (χ1) is 5.33. The Morgan fingerprint density at radius 3 is 3.00 bits per heavy atom. The summed E-state index contributed by atoms with van der Waals surface area (Å²) < 4.78 is 2.28. The van der Waals surface area contributed by atoms with Gasteiger partial charge in [-0.1, -0.05) is 13.3 Å². The van der Waals surface area contributed by atoms with Gasteiger partial charge in [0, 0.05) is 6.42 Å². The Kier molecular flexibility index (Phi) is 3.40. The molecule has 0 unspecified atom stereocenters. The Bertz CT molecular complexity index is 140. The summed E-state index contributed by atoms with van der Waals surface area (Å²) in [5, 5.41) is 0. The monoisotopic (exact) mass is 155 g/mol. The average Bonchev–Trinajstić information content (AvgIpc) is 2.01. The molecule has 0 aromatic carbocycles. The van der Waals surface area contributed by atoms with Crippen molar-refractivity contribution in [3.8, 4) is 0 Å². The lowest BCUT2D eigenvalue weighted by Crippen LogP contribution is -2.35. The van der Waals surface area contributed by atoms with Crippen LogP contribution in [0, 0.1) is 0 Å². The highest BCUT2D eigenvalue weighted by Crippen LogP contribution is 1.98.